The molecule has 4 saturated heterocycles. The van der Waals surface area contributed by atoms with Crippen molar-refractivity contribution in [2.75, 3.05) is 67.5 Å². The molecule has 4 aliphatic rings. The second-order valence-corrected chi connectivity index (χ2v) is 39.9. The van der Waals surface area contributed by atoms with Crippen LogP contribution in [0.25, 0.3) is 88.2 Å². The lowest BCUT2D eigenvalue weighted by Crippen LogP contribution is -2.61. The maximum atomic E-state index is 9.40. The number of ether oxygens (including phenoxy) is 1. The SMILES string of the molecule is CN(c1nnc(-c2sc3ccccc3c2Cl)s1)C1CC(C)(C)NC(C)(C)C1.COc1cc(-c2cn[nH]c2)ccc1-c1nnc(N(C)C2CC(C)(C)NC(C)(C)C2)s1.OC[C@@H]1CCCN(c2nnc(-c3ccc(-c4cn[nH]c4)cc3Cl)s2)C1.[C-]#[N+]c1ccc2sc(-c3nnc(N(C)C4CC(C)(C)NC(C)(C)C4)s3)cc2c1. The molecule has 0 spiro atoms. The van der Waals surface area contributed by atoms with Crippen molar-refractivity contribution in [3.05, 3.63) is 131 Å². The fourth-order valence-electron chi connectivity index (χ4n) is 16.4. The van der Waals surface area contributed by atoms with Crippen LogP contribution < -0.4 is 40.3 Å². The summed E-state index contributed by atoms with van der Waals surface area (Å²) < 4.78 is 8.03. The van der Waals surface area contributed by atoms with E-state index in [1.165, 1.54) is 9.40 Å². The van der Waals surface area contributed by atoms with Crippen LogP contribution >= 0.6 is 91.2 Å². The van der Waals surface area contributed by atoms with E-state index in [1.54, 1.807) is 87.5 Å². The molecule has 6 N–H and O–H groups in total. The lowest BCUT2D eigenvalue weighted by molar-refractivity contribution is 0.160. The number of nitrogens with zero attached hydrogens (tertiary/aromatic N) is 15. The predicted molar refractivity (Wildman–Crippen MR) is 460 cm³/mol. The highest BCUT2D eigenvalue weighted by Crippen LogP contribution is 2.47. The first-order valence-corrected chi connectivity index (χ1v) is 42.7. The van der Waals surface area contributed by atoms with E-state index in [1.807, 2.05) is 73.1 Å². The molecule has 12 heterocycles. The number of rotatable bonds is 15. The van der Waals surface area contributed by atoms with Gasteiger partial charge < -0.3 is 45.4 Å². The Labute approximate surface area is 678 Å². The van der Waals surface area contributed by atoms with E-state index >= 15 is 0 Å². The molecule has 0 amide bonds. The molecule has 4 aromatic carbocycles. The molecule has 0 unspecified atom stereocenters. The summed E-state index contributed by atoms with van der Waals surface area (Å²) in [4.78, 5) is 14.7. The highest BCUT2D eigenvalue weighted by Gasteiger charge is 2.43. The van der Waals surface area contributed by atoms with Gasteiger partial charge in [0.25, 0.3) is 0 Å². The van der Waals surface area contributed by atoms with Gasteiger partial charge in [-0.1, -0.05) is 111 Å². The van der Waals surface area contributed by atoms with Crippen LogP contribution in [0.4, 0.5) is 26.2 Å². The number of fused-ring (bicyclic) bond motifs is 2. The summed E-state index contributed by atoms with van der Waals surface area (Å²) in [5.74, 6) is 1.10. The molecule has 110 heavy (non-hydrogen) atoms. The van der Waals surface area contributed by atoms with Gasteiger partial charge in [0.15, 0.2) is 25.7 Å². The van der Waals surface area contributed by atoms with Gasteiger partial charge in [-0.15, -0.1) is 63.5 Å². The smallest absolute Gasteiger partial charge is 0.208 e. The first-order chi connectivity index (χ1) is 52.2. The van der Waals surface area contributed by atoms with E-state index < -0.39 is 0 Å². The van der Waals surface area contributed by atoms with Gasteiger partial charge >= 0.3 is 0 Å². The zero-order valence-electron chi connectivity index (χ0n) is 65.2. The van der Waals surface area contributed by atoms with Crippen LogP contribution in [0.1, 0.15) is 134 Å². The van der Waals surface area contributed by atoms with Gasteiger partial charge in [-0.3, -0.25) is 10.2 Å². The predicted octanol–water partition coefficient (Wildman–Crippen LogP) is 19.3. The van der Waals surface area contributed by atoms with E-state index in [0.29, 0.717) is 34.8 Å². The van der Waals surface area contributed by atoms with E-state index in [-0.39, 0.29) is 39.8 Å². The molecule has 0 aliphatic carbocycles. The number of aromatic amines is 2. The summed E-state index contributed by atoms with van der Waals surface area (Å²) in [5, 5.41) is 80.8. The molecule has 12 aromatic rings. The summed E-state index contributed by atoms with van der Waals surface area (Å²) >= 11 is 22.9. The Morgan fingerprint density at radius 1 is 0.545 bits per heavy atom. The van der Waals surface area contributed by atoms with Crippen LogP contribution in [0, 0.1) is 12.5 Å². The van der Waals surface area contributed by atoms with Gasteiger partial charge in [0.1, 0.15) is 5.75 Å². The Kier molecular flexibility index (Phi) is 24.0. The van der Waals surface area contributed by atoms with Gasteiger partial charge in [-0.2, -0.15) is 10.2 Å². The molecule has 30 heteroatoms. The molecular weight excluding hydrogens is 1540 g/mol. The van der Waals surface area contributed by atoms with Crippen LogP contribution in [-0.4, -0.2) is 166 Å². The quantitative estimate of drug-likeness (QED) is 0.0523. The van der Waals surface area contributed by atoms with E-state index in [0.717, 1.165) is 170 Å². The lowest BCUT2D eigenvalue weighted by Gasteiger charge is -2.48. The van der Waals surface area contributed by atoms with Gasteiger partial charge in [0.05, 0.1) is 51.4 Å². The standard InChI is InChI=1S/C22H30N6OS.C21H25N5S2.C20H25ClN4S2.C17H18ClN5OS/c1-21(2)10-16(11-22(3,4)27-21)28(5)20-26-25-19(30-20)17-8-7-14(9-18(17)29-6)15-12-23-24-13-15;1-20(2)11-15(12-21(3,4)25-20)26(6)19-24-23-18(28-19)17-10-13-9-14(22-5)7-8-16(13)27-17;1-19(2)10-12(11-20(3,4)24-19)25(5)18-23-22-17(27-18)16-15(21)13-8-6-7-9-14(13)26-16;18-15-6-12(13-7-19-20-8-13)3-4-14(15)16-21-22-17(25-16)23-5-1-2-11(9-23)10-24/h7-9,12-13,16,27H,10-11H2,1-6H3,(H,23,24);7-10,15,25H,11-12H2,1-4,6H3;6-9,12,24H,10-11H2,1-5H3;3-4,6-8,11,24H,1-2,5,9-10H2,(H,19,20)/t;;;11-/m...1/s1. The van der Waals surface area contributed by atoms with Crippen molar-refractivity contribution >= 4 is 138 Å². The Bertz CT molecular complexity index is 5120. The van der Waals surface area contributed by atoms with Crippen molar-refractivity contribution in [2.24, 2.45) is 5.92 Å². The second kappa shape index (κ2) is 32.8. The number of nitrogens with one attached hydrogen (secondary N) is 5. The average Bonchev–Trinajstić information content (AvgIpc) is 1.45. The first kappa shape index (κ1) is 80.4. The van der Waals surface area contributed by atoms with Crippen LogP contribution in [-0.2, 0) is 0 Å². The molecule has 4 aliphatic heterocycles. The summed E-state index contributed by atoms with van der Waals surface area (Å²) in [6.07, 6.45) is 15.8. The maximum absolute atomic E-state index is 9.40. The fourth-order valence-corrected chi connectivity index (χ4v) is 23.0. The van der Waals surface area contributed by atoms with Crippen molar-refractivity contribution in [3.8, 4) is 68.9 Å². The average molecular weight is 1640 g/mol. The lowest BCUT2D eigenvalue weighted by atomic mass is 9.79. The fraction of sp³-hybridized carbons (Fsp3) is 0.463. The number of halogens is 2. The highest BCUT2D eigenvalue weighted by molar-refractivity contribution is 7.28. The largest absolute Gasteiger partial charge is 0.496 e. The number of aliphatic hydroxyl groups is 1. The third-order valence-corrected chi connectivity index (χ3v) is 28.1. The molecule has 22 nitrogen and oxygen atoms in total. The van der Waals surface area contributed by atoms with Crippen molar-refractivity contribution in [1.82, 2.24) is 77.1 Å². The van der Waals surface area contributed by atoms with Crippen LogP contribution in [0.3, 0.4) is 0 Å². The number of anilines is 4. The molecular formula is C80H98Cl2N20O2S6. The summed E-state index contributed by atoms with van der Waals surface area (Å²) in [6.45, 7) is 36.5. The number of aliphatic hydroxyl groups excluding tert-OH is 1. The molecule has 1 atom stereocenters. The van der Waals surface area contributed by atoms with Crippen LogP contribution in [0.15, 0.2) is 110 Å². The minimum atomic E-state index is 0.0837. The minimum absolute atomic E-state index is 0.0837. The number of benzene rings is 4. The van der Waals surface area contributed by atoms with Crippen molar-refractivity contribution in [1.29, 1.82) is 0 Å². The topological polar surface area (TPSA) is 243 Å². The van der Waals surface area contributed by atoms with E-state index in [2.05, 4.69) is 230 Å². The third kappa shape index (κ3) is 19.0. The maximum Gasteiger partial charge on any atom is 0.208 e. The van der Waals surface area contributed by atoms with Gasteiger partial charge in [0, 0.05) is 136 Å². The molecule has 16 rings (SSSR count). The van der Waals surface area contributed by atoms with Gasteiger partial charge in [-0.05, 0) is 199 Å². The third-order valence-electron chi connectivity index (χ3n) is 20.6. The number of aromatic nitrogens is 12. The number of methoxy groups -OCH3 is 1. The molecule has 0 bridgehead atoms. The number of piperidine rings is 4. The Morgan fingerprint density at radius 2 is 1.05 bits per heavy atom. The van der Waals surface area contributed by atoms with Crippen molar-refractivity contribution in [2.45, 2.75) is 186 Å². The Morgan fingerprint density at radius 3 is 1.56 bits per heavy atom. The number of H-pyrrole nitrogens is 2. The second-order valence-electron chi connectivity index (χ2n) is 33.2. The first-order valence-electron chi connectivity index (χ1n) is 37.0. The zero-order valence-corrected chi connectivity index (χ0v) is 71.7. The monoisotopic (exact) mass is 1630 g/mol. The van der Waals surface area contributed by atoms with Crippen LogP contribution in [0.5, 0.6) is 5.75 Å². The van der Waals surface area contributed by atoms with Gasteiger partial charge in [0.2, 0.25) is 20.5 Å². The highest BCUT2D eigenvalue weighted by atomic mass is 35.5. The molecule has 0 saturated carbocycles. The molecule has 580 valence electrons. The molecule has 4 fully saturated rings. The van der Waals surface area contributed by atoms with E-state index in [4.69, 9.17) is 34.5 Å². The van der Waals surface area contributed by atoms with E-state index in [9.17, 15) is 5.11 Å². The number of hydrogen-bond acceptors (Lipinski definition) is 25. The number of hydrogen-bond donors (Lipinski definition) is 6. The zero-order chi connectivity index (χ0) is 78.2. The summed E-state index contributed by atoms with van der Waals surface area (Å²) in [7, 11) is 8.09. The Hall–Kier alpha value is -7.63. The van der Waals surface area contributed by atoms with Gasteiger partial charge in [-0.25, -0.2) is 4.85 Å². The minimum Gasteiger partial charge on any atom is -0.496 e. The Balaban J connectivity index is 0.000000129. The van der Waals surface area contributed by atoms with Crippen molar-refractivity contribution < 1.29 is 9.84 Å². The normalized spacial score (nSPS) is 18.6. The summed E-state index contributed by atoms with van der Waals surface area (Å²) in [6, 6.07) is 29.5. The number of thiophene rings is 2. The van der Waals surface area contributed by atoms with Crippen LogP contribution in [0.2, 0.25) is 10.0 Å². The molecule has 0 radical (unpaired) electrons. The summed E-state index contributed by atoms with van der Waals surface area (Å²) in [5.41, 5.74) is 7.14. The van der Waals surface area contributed by atoms with Crippen molar-refractivity contribution in [3.63, 3.8) is 0 Å². The molecule has 8 aromatic heterocycles.